The van der Waals surface area contributed by atoms with Crippen molar-refractivity contribution in [2.45, 2.75) is 32.0 Å². The van der Waals surface area contributed by atoms with Crippen LogP contribution >= 0.6 is 15.9 Å². The second-order valence-electron chi connectivity index (χ2n) is 5.08. The first-order valence-corrected chi connectivity index (χ1v) is 7.61. The summed E-state index contributed by atoms with van der Waals surface area (Å²) in [7, 11) is 1.70. The van der Waals surface area contributed by atoms with Crippen LogP contribution in [0.3, 0.4) is 0 Å². The van der Waals surface area contributed by atoms with Crippen LogP contribution in [0.25, 0.3) is 0 Å². The molecule has 1 aromatic carbocycles. The molecule has 0 atom stereocenters. The van der Waals surface area contributed by atoms with Gasteiger partial charge in [-0.3, -0.25) is 0 Å². The maximum absolute atomic E-state index is 5.43. The van der Waals surface area contributed by atoms with Gasteiger partial charge in [0.2, 0.25) is 0 Å². The first-order chi connectivity index (χ1) is 9.76. The van der Waals surface area contributed by atoms with E-state index in [0.29, 0.717) is 6.04 Å². The van der Waals surface area contributed by atoms with E-state index in [1.54, 1.807) is 7.11 Å². The molecule has 0 amide bonds. The fourth-order valence-electron chi connectivity index (χ4n) is 2.23. The van der Waals surface area contributed by atoms with Gasteiger partial charge in [0.1, 0.15) is 11.6 Å². The van der Waals surface area contributed by atoms with Crippen molar-refractivity contribution in [3.8, 4) is 5.75 Å². The minimum Gasteiger partial charge on any atom is -0.496 e. The Morgan fingerprint density at radius 1 is 1.45 bits per heavy atom. The topological polar surface area (TPSA) is 39.1 Å². The average molecular weight is 336 g/mol. The van der Waals surface area contributed by atoms with E-state index in [9.17, 15) is 0 Å². The summed E-state index contributed by atoms with van der Waals surface area (Å²) in [5.74, 6) is 1.97. The maximum Gasteiger partial charge on any atom is 0.123 e. The van der Waals surface area contributed by atoms with E-state index in [4.69, 9.17) is 4.74 Å². The number of imidazole rings is 1. The molecule has 3 rings (SSSR count). The number of hydrogen-bond donors (Lipinski definition) is 1. The van der Waals surface area contributed by atoms with Crippen LogP contribution in [0.2, 0.25) is 0 Å². The molecular weight excluding hydrogens is 318 g/mol. The molecule has 20 heavy (non-hydrogen) atoms. The molecule has 0 saturated heterocycles. The number of nitrogens with zero attached hydrogens (tertiary/aromatic N) is 2. The van der Waals surface area contributed by atoms with Crippen molar-refractivity contribution in [3.63, 3.8) is 0 Å². The van der Waals surface area contributed by atoms with Crippen molar-refractivity contribution in [1.82, 2.24) is 14.9 Å². The van der Waals surface area contributed by atoms with E-state index >= 15 is 0 Å². The van der Waals surface area contributed by atoms with Gasteiger partial charge < -0.3 is 14.6 Å². The molecule has 0 radical (unpaired) electrons. The highest BCUT2D eigenvalue weighted by Crippen LogP contribution is 2.24. The predicted octanol–water partition coefficient (Wildman–Crippen LogP) is 2.95. The molecule has 4 nitrogen and oxygen atoms in total. The fraction of sp³-hybridized carbons (Fsp3) is 0.400. The van der Waals surface area contributed by atoms with Crippen LogP contribution < -0.4 is 10.1 Å². The molecule has 0 aliphatic heterocycles. The van der Waals surface area contributed by atoms with Crippen LogP contribution in [0.4, 0.5) is 0 Å². The normalized spacial score (nSPS) is 14.5. The lowest BCUT2D eigenvalue weighted by molar-refractivity contribution is 0.408. The molecule has 1 saturated carbocycles. The van der Waals surface area contributed by atoms with Gasteiger partial charge in [-0.25, -0.2) is 4.98 Å². The lowest BCUT2D eigenvalue weighted by Gasteiger charge is -2.12. The van der Waals surface area contributed by atoms with Gasteiger partial charge in [0.15, 0.2) is 0 Å². The SMILES string of the molecule is COc1ccc(Br)cc1Cn1ccnc1CNC1CC1. The third kappa shape index (κ3) is 3.22. The van der Waals surface area contributed by atoms with E-state index in [1.807, 2.05) is 24.5 Å². The van der Waals surface area contributed by atoms with Crippen molar-refractivity contribution in [3.05, 3.63) is 46.5 Å². The van der Waals surface area contributed by atoms with Gasteiger partial charge >= 0.3 is 0 Å². The van der Waals surface area contributed by atoms with E-state index < -0.39 is 0 Å². The number of hydrogen-bond acceptors (Lipinski definition) is 3. The molecule has 0 unspecified atom stereocenters. The van der Waals surface area contributed by atoms with Crippen molar-refractivity contribution in [2.75, 3.05) is 7.11 Å². The quantitative estimate of drug-likeness (QED) is 0.882. The Hall–Kier alpha value is -1.33. The maximum atomic E-state index is 5.43. The summed E-state index contributed by atoms with van der Waals surface area (Å²) in [6.45, 7) is 1.60. The summed E-state index contributed by atoms with van der Waals surface area (Å²) in [4.78, 5) is 4.44. The van der Waals surface area contributed by atoms with Crippen molar-refractivity contribution >= 4 is 15.9 Å². The van der Waals surface area contributed by atoms with Crippen LogP contribution in [-0.2, 0) is 13.1 Å². The Morgan fingerprint density at radius 2 is 2.30 bits per heavy atom. The molecule has 1 aromatic heterocycles. The van der Waals surface area contributed by atoms with Crippen molar-refractivity contribution in [2.24, 2.45) is 0 Å². The summed E-state index contributed by atoms with van der Waals surface area (Å²) < 4.78 is 8.65. The Balaban J connectivity index is 1.76. The Morgan fingerprint density at radius 3 is 3.05 bits per heavy atom. The van der Waals surface area contributed by atoms with Gasteiger partial charge in [-0.05, 0) is 31.0 Å². The third-order valence-electron chi connectivity index (χ3n) is 3.51. The number of rotatable bonds is 6. The molecule has 1 fully saturated rings. The molecule has 1 aliphatic carbocycles. The molecular formula is C15H18BrN3O. The van der Waals surface area contributed by atoms with Gasteiger partial charge in [-0.2, -0.15) is 0 Å². The molecule has 106 valence electrons. The van der Waals surface area contributed by atoms with Crippen LogP contribution in [0.1, 0.15) is 24.2 Å². The highest BCUT2D eigenvalue weighted by atomic mass is 79.9. The number of methoxy groups -OCH3 is 1. The lowest BCUT2D eigenvalue weighted by atomic mass is 10.2. The summed E-state index contributed by atoms with van der Waals surface area (Å²) in [5, 5.41) is 3.50. The Labute approximate surface area is 127 Å². The highest BCUT2D eigenvalue weighted by Gasteiger charge is 2.20. The van der Waals surface area contributed by atoms with Crippen LogP contribution in [0.15, 0.2) is 35.1 Å². The van der Waals surface area contributed by atoms with Gasteiger partial charge in [-0.15, -0.1) is 0 Å². The monoisotopic (exact) mass is 335 g/mol. The second-order valence-corrected chi connectivity index (χ2v) is 6.00. The molecule has 1 heterocycles. The summed E-state index contributed by atoms with van der Waals surface area (Å²) in [5.41, 5.74) is 1.15. The molecule has 1 N–H and O–H groups in total. The van der Waals surface area contributed by atoms with Gasteiger partial charge in [0.05, 0.1) is 20.2 Å². The Bertz CT molecular complexity index is 593. The minimum absolute atomic E-state index is 0.695. The van der Waals surface area contributed by atoms with E-state index in [2.05, 4.69) is 36.9 Å². The molecule has 0 spiro atoms. The Kier molecular flexibility index (Phi) is 4.08. The number of benzene rings is 1. The molecule has 1 aliphatic rings. The second kappa shape index (κ2) is 5.97. The van der Waals surface area contributed by atoms with Crippen LogP contribution in [0.5, 0.6) is 5.75 Å². The van der Waals surface area contributed by atoms with E-state index in [0.717, 1.165) is 34.7 Å². The zero-order valence-corrected chi connectivity index (χ0v) is 13.1. The lowest BCUT2D eigenvalue weighted by Crippen LogP contribution is -2.19. The first kappa shape index (κ1) is 13.6. The smallest absolute Gasteiger partial charge is 0.123 e. The minimum atomic E-state index is 0.695. The fourth-order valence-corrected chi connectivity index (χ4v) is 2.64. The number of aromatic nitrogens is 2. The zero-order valence-electron chi connectivity index (χ0n) is 11.5. The molecule has 5 heteroatoms. The predicted molar refractivity (Wildman–Crippen MR) is 81.9 cm³/mol. The first-order valence-electron chi connectivity index (χ1n) is 6.82. The molecule has 2 aromatic rings. The summed E-state index contributed by atoms with van der Waals surface area (Å²) >= 11 is 3.51. The number of nitrogens with one attached hydrogen (secondary N) is 1. The number of ether oxygens (including phenoxy) is 1. The van der Waals surface area contributed by atoms with Gasteiger partial charge in [-0.1, -0.05) is 15.9 Å². The van der Waals surface area contributed by atoms with Crippen molar-refractivity contribution in [1.29, 1.82) is 0 Å². The zero-order chi connectivity index (χ0) is 13.9. The number of halogens is 1. The standard InChI is InChI=1S/C15H18BrN3O/c1-20-14-5-2-12(16)8-11(14)10-19-7-6-17-15(19)9-18-13-3-4-13/h2,5-8,13,18H,3-4,9-10H2,1H3. The summed E-state index contributed by atoms with van der Waals surface area (Å²) in [6, 6.07) is 6.77. The van der Waals surface area contributed by atoms with Crippen molar-refractivity contribution < 1.29 is 4.74 Å². The largest absolute Gasteiger partial charge is 0.496 e. The van der Waals surface area contributed by atoms with Crippen LogP contribution in [0, 0.1) is 0 Å². The van der Waals surface area contributed by atoms with E-state index in [-0.39, 0.29) is 0 Å². The van der Waals surface area contributed by atoms with Crippen LogP contribution in [-0.4, -0.2) is 22.7 Å². The highest BCUT2D eigenvalue weighted by molar-refractivity contribution is 9.10. The van der Waals surface area contributed by atoms with Gasteiger partial charge in [0.25, 0.3) is 0 Å². The average Bonchev–Trinajstić information content (AvgIpc) is 3.17. The summed E-state index contributed by atoms with van der Waals surface area (Å²) in [6.07, 6.45) is 6.46. The van der Waals surface area contributed by atoms with E-state index in [1.165, 1.54) is 12.8 Å². The molecule has 0 bridgehead atoms. The van der Waals surface area contributed by atoms with Gasteiger partial charge in [0, 0.05) is 28.5 Å². The third-order valence-corrected chi connectivity index (χ3v) is 4.00.